The number of amides is 1. The van der Waals surface area contributed by atoms with Crippen molar-refractivity contribution in [1.82, 2.24) is 14.9 Å². The first-order valence-corrected chi connectivity index (χ1v) is 9.03. The van der Waals surface area contributed by atoms with Crippen LogP contribution in [0.15, 0.2) is 59.7 Å². The highest BCUT2D eigenvalue weighted by atomic mass is 16.2. The fraction of sp³-hybridized carbons (Fsp3) is 0.286. The number of nitrogens with one attached hydrogen (secondary N) is 1. The molecule has 1 aromatic heterocycles. The zero-order chi connectivity index (χ0) is 19.2. The summed E-state index contributed by atoms with van der Waals surface area (Å²) in [5, 5.41) is 3.41. The third kappa shape index (κ3) is 4.73. The lowest BCUT2D eigenvalue weighted by Crippen LogP contribution is -2.34. The first kappa shape index (κ1) is 18.6. The maximum atomic E-state index is 12.5. The first-order chi connectivity index (χ1) is 13.0. The van der Waals surface area contributed by atoms with Gasteiger partial charge in [-0.3, -0.25) is 14.2 Å². The van der Waals surface area contributed by atoms with Gasteiger partial charge in [-0.05, 0) is 37.6 Å². The Bertz CT molecular complexity index is 982. The molecule has 0 aliphatic carbocycles. The SMILES string of the molecule is Cc1ccc2ncn(CC(=O)NCCCN(C)c3ccccc3)c(=O)c2c1. The number of aryl methyl sites for hydroxylation is 1. The first-order valence-electron chi connectivity index (χ1n) is 9.03. The van der Waals surface area contributed by atoms with E-state index in [1.807, 2.05) is 44.3 Å². The summed E-state index contributed by atoms with van der Waals surface area (Å²) < 4.78 is 1.35. The Labute approximate surface area is 158 Å². The largest absolute Gasteiger partial charge is 0.375 e. The van der Waals surface area contributed by atoms with Gasteiger partial charge in [-0.2, -0.15) is 0 Å². The van der Waals surface area contributed by atoms with E-state index in [1.165, 1.54) is 10.9 Å². The van der Waals surface area contributed by atoms with Crippen molar-refractivity contribution in [3.8, 4) is 0 Å². The summed E-state index contributed by atoms with van der Waals surface area (Å²) in [7, 11) is 2.03. The zero-order valence-electron chi connectivity index (χ0n) is 15.7. The minimum Gasteiger partial charge on any atom is -0.375 e. The van der Waals surface area contributed by atoms with Gasteiger partial charge in [0, 0.05) is 25.8 Å². The van der Waals surface area contributed by atoms with Crippen LogP contribution in [-0.2, 0) is 11.3 Å². The van der Waals surface area contributed by atoms with Crippen molar-refractivity contribution in [2.45, 2.75) is 19.9 Å². The summed E-state index contributed by atoms with van der Waals surface area (Å²) in [6, 6.07) is 15.6. The maximum Gasteiger partial charge on any atom is 0.261 e. The molecule has 3 rings (SSSR count). The number of carbonyl (C=O) groups excluding carboxylic acids is 1. The molecule has 2 aromatic carbocycles. The Morgan fingerprint density at radius 2 is 1.96 bits per heavy atom. The molecule has 0 unspecified atom stereocenters. The number of anilines is 1. The monoisotopic (exact) mass is 364 g/mol. The minimum atomic E-state index is -0.192. The standard InChI is InChI=1S/C21H24N4O2/c1-16-9-10-19-18(13-16)21(27)25(15-23-19)14-20(26)22-11-6-12-24(2)17-7-4-3-5-8-17/h3-5,7-10,13,15H,6,11-12,14H2,1-2H3,(H,22,26). The Balaban J connectivity index is 1.52. The Hall–Kier alpha value is -3.15. The van der Waals surface area contributed by atoms with Crippen molar-refractivity contribution in [1.29, 1.82) is 0 Å². The van der Waals surface area contributed by atoms with Crippen LogP contribution in [0.5, 0.6) is 0 Å². The van der Waals surface area contributed by atoms with E-state index in [1.54, 1.807) is 6.07 Å². The second kappa shape index (κ2) is 8.49. The number of rotatable bonds is 7. The molecule has 27 heavy (non-hydrogen) atoms. The topological polar surface area (TPSA) is 67.2 Å². The van der Waals surface area contributed by atoms with Crippen LogP contribution < -0.4 is 15.8 Å². The zero-order valence-corrected chi connectivity index (χ0v) is 15.7. The highest BCUT2D eigenvalue weighted by molar-refractivity contribution is 5.79. The molecular weight excluding hydrogens is 340 g/mol. The summed E-state index contributed by atoms with van der Waals surface area (Å²) >= 11 is 0. The summed E-state index contributed by atoms with van der Waals surface area (Å²) in [5.41, 5.74) is 2.59. The quantitative estimate of drug-likeness (QED) is 0.654. The van der Waals surface area contributed by atoms with E-state index in [2.05, 4.69) is 27.3 Å². The van der Waals surface area contributed by atoms with Crippen LogP contribution in [0, 0.1) is 6.92 Å². The van der Waals surface area contributed by atoms with E-state index >= 15 is 0 Å². The number of fused-ring (bicyclic) bond motifs is 1. The lowest BCUT2D eigenvalue weighted by atomic mass is 10.2. The van der Waals surface area contributed by atoms with Crippen LogP contribution in [0.3, 0.4) is 0 Å². The highest BCUT2D eigenvalue weighted by Crippen LogP contribution is 2.11. The van der Waals surface area contributed by atoms with E-state index < -0.39 is 0 Å². The molecule has 1 amide bonds. The second-order valence-electron chi connectivity index (χ2n) is 6.66. The van der Waals surface area contributed by atoms with E-state index in [0.717, 1.165) is 24.2 Å². The van der Waals surface area contributed by atoms with Crippen molar-refractivity contribution < 1.29 is 4.79 Å². The van der Waals surface area contributed by atoms with Crippen LogP contribution in [-0.4, -0.2) is 35.6 Å². The molecule has 0 aliphatic rings. The van der Waals surface area contributed by atoms with E-state index in [0.29, 0.717) is 17.4 Å². The van der Waals surface area contributed by atoms with Crippen LogP contribution >= 0.6 is 0 Å². The Morgan fingerprint density at radius 1 is 1.19 bits per heavy atom. The molecule has 0 atom stereocenters. The van der Waals surface area contributed by atoms with Gasteiger partial charge >= 0.3 is 0 Å². The summed E-state index contributed by atoms with van der Waals surface area (Å²) in [6.45, 7) is 3.30. The number of nitrogens with zero attached hydrogens (tertiary/aromatic N) is 3. The molecule has 1 N–H and O–H groups in total. The molecule has 1 heterocycles. The van der Waals surface area contributed by atoms with Gasteiger partial charge in [-0.1, -0.05) is 29.8 Å². The molecule has 0 aliphatic heterocycles. The maximum absolute atomic E-state index is 12.5. The summed E-state index contributed by atoms with van der Waals surface area (Å²) in [6.07, 6.45) is 2.25. The van der Waals surface area contributed by atoms with Gasteiger partial charge in [-0.25, -0.2) is 4.98 Å². The molecule has 0 radical (unpaired) electrons. The van der Waals surface area contributed by atoms with Gasteiger partial charge in [0.05, 0.1) is 17.2 Å². The van der Waals surface area contributed by atoms with E-state index in [4.69, 9.17) is 0 Å². The van der Waals surface area contributed by atoms with Crippen LogP contribution in [0.4, 0.5) is 5.69 Å². The van der Waals surface area contributed by atoms with Crippen molar-refractivity contribution >= 4 is 22.5 Å². The Kier molecular flexibility index (Phi) is 5.86. The van der Waals surface area contributed by atoms with Gasteiger partial charge in [-0.15, -0.1) is 0 Å². The predicted octanol–water partition coefficient (Wildman–Crippen LogP) is 2.35. The predicted molar refractivity (Wildman–Crippen MR) is 108 cm³/mol. The van der Waals surface area contributed by atoms with Gasteiger partial charge < -0.3 is 10.2 Å². The molecular formula is C21H24N4O2. The molecule has 0 saturated heterocycles. The lowest BCUT2D eigenvalue weighted by Gasteiger charge is -2.19. The van der Waals surface area contributed by atoms with Gasteiger partial charge in [0.15, 0.2) is 0 Å². The number of para-hydroxylation sites is 1. The normalized spacial score (nSPS) is 10.7. The molecule has 6 nitrogen and oxygen atoms in total. The van der Waals surface area contributed by atoms with Crippen LogP contribution in [0.25, 0.3) is 10.9 Å². The molecule has 6 heteroatoms. The average Bonchev–Trinajstić information content (AvgIpc) is 2.68. The van der Waals surface area contributed by atoms with E-state index in [-0.39, 0.29) is 18.0 Å². The van der Waals surface area contributed by atoms with Crippen LogP contribution in [0.2, 0.25) is 0 Å². The summed E-state index contributed by atoms with van der Waals surface area (Å²) in [4.78, 5) is 31.1. The fourth-order valence-electron chi connectivity index (χ4n) is 2.95. The number of hydrogen-bond donors (Lipinski definition) is 1. The van der Waals surface area contributed by atoms with Crippen molar-refractivity contribution in [2.24, 2.45) is 0 Å². The number of carbonyl (C=O) groups is 1. The van der Waals surface area contributed by atoms with Crippen LogP contribution in [0.1, 0.15) is 12.0 Å². The molecule has 0 spiro atoms. The number of hydrogen-bond acceptors (Lipinski definition) is 4. The highest BCUT2D eigenvalue weighted by Gasteiger charge is 2.08. The molecule has 140 valence electrons. The third-order valence-electron chi connectivity index (χ3n) is 4.48. The Morgan fingerprint density at radius 3 is 2.74 bits per heavy atom. The van der Waals surface area contributed by atoms with Gasteiger partial charge in [0.2, 0.25) is 5.91 Å². The second-order valence-corrected chi connectivity index (χ2v) is 6.66. The van der Waals surface area contributed by atoms with Gasteiger partial charge in [0.25, 0.3) is 5.56 Å². The fourth-order valence-corrected chi connectivity index (χ4v) is 2.95. The molecule has 3 aromatic rings. The average molecular weight is 364 g/mol. The van der Waals surface area contributed by atoms with Crippen molar-refractivity contribution in [2.75, 3.05) is 25.0 Å². The molecule has 0 fully saturated rings. The van der Waals surface area contributed by atoms with Crippen molar-refractivity contribution in [3.05, 3.63) is 70.8 Å². The lowest BCUT2D eigenvalue weighted by molar-refractivity contribution is -0.121. The number of aromatic nitrogens is 2. The molecule has 0 saturated carbocycles. The molecule has 0 bridgehead atoms. The third-order valence-corrected chi connectivity index (χ3v) is 4.48. The van der Waals surface area contributed by atoms with E-state index in [9.17, 15) is 9.59 Å². The minimum absolute atomic E-state index is 0.0236. The number of benzene rings is 2. The summed E-state index contributed by atoms with van der Waals surface area (Å²) in [5.74, 6) is -0.187. The smallest absolute Gasteiger partial charge is 0.261 e. The van der Waals surface area contributed by atoms with Gasteiger partial charge in [0.1, 0.15) is 6.54 Å². The van der Waals surface area contributed by atoms with Crippen molar-refractivity contribution in [3.63, 3.8) is 0 Å².